The molecule has 7 heteroatoms. The Kier molecular flexibility index (Phi) is 3.93. The van der Waals surface area contributed by atoms with Gasteiger partial charge in [-0.2, -0.15) is 0 Å². The summed E-state index contributed by atoms with van der Waals surface area (Å²) in [7, 11) is 1.32. The van der Waals surface area contributed by atoms with E-state index in [0.717, 1.165) is 20.1 Å². The Bertz CT molecular complexity index is 825. The fraction of sp³-hybridized carbons (Fsp3) is 0.143. The first-order valence-corrected chi connectivity index (χ1v) is 8.00. The van der Waals surface area contributed by atoms with E-state index in [1.54, 1.807) is 23.5 Å². The third-order valence-electron chi connectivity index (χ3n) is 2.71. The molecule has 0 aliphatic carbocycles. The van der Waals surface area contributed by atoms with Crippen molar-refractivity contribution in [3.8, 4) is 0 Å². The highest BCUT2D eigenvalue weighted by molar-refractivity contribution is 7.99. The molecule has 0 aliphatic rings. The van der Waals surface area contributed by atoms with Crippen molar-refractivity contribution in [1.82, 2.24) is 4.98 Å². The van der Waals surface area contributed by atoms with Crippen molar-refractivity contribution in [1.29, 1.82) is 0 Å². The number of aromatic nitrogens is 1. The van der Waals surface area contributed by atoms with Crippen molar-refractivity contribution < 1.29 is 13.9 Å². The van der Waals surface area contributed by atoms with Crippen LogP contribution in [0.2, 0.25) is 5.02 Å². The van der Waals surface area contributed by atoms with Crippen molar-refractivity contribution in [3.05, 3.63) is 40.1 Å². The molecule has 3 rings (SSSR count). The number of esters is 1. The molecule has 0 fully saturated rings. The van der Waals surface area contributed by atoms with Gasteiger partial charge in [0.25, 0.3) is 0 Å². The van der Waals surface area contributed by atoms with Crippen molar-refractivity contribution >= 4 is 50.9 Å². The van der Waals surface area contributed by atoms with Gasteiger partial charge in [0, 0.05) is 9.92 Å². The Morgan fingerprint density at radius 1 is 1.43 bits per heavy atom. The molecule has 0 unspecified atom stereocenters. The Balaban J connectivity index is 1.97. The van der Waals surface area contributed by atoms with Gasteiger partial charge in [0.15, 0.2) is 5.09 Å². The summed E-state index contributed by atoms with van der Waals surface area (Å²) in [6, 6.07) is 7.05. The second-order valence-corrected chi connectivity index (χ2v) is 6.91. The van der Waals surface area contributed by atoms with Crippen molar-refractivity contribution in [2.75, 3.05) is 7.11 Å². The Labute approximate surface area is 134 Å². The fourth-order valence-electron chi connectivity index (χ4n) is 1.85. The third-order valence-corrected chi connectivity index (χ3v) is 4.80. The van der Waals surface area contributed by atoms with Crippen molar-refractivity contribution in [2.24, 2.45) is 0 Å². The molecule has 0 amide bonds. The second kappa shape index (κ2) is 5.71. The summed E-state index contributed by atoms with van der Waals surface area (Å²) >= 11 is 9.11. The lowest BCUT2D eigenvalue weighted by Crippen LogP contribution is -1.97. The van der Waals surface area contributed by atoms with Crippen LogP contribution in [0.25, 0.3) is 10.2 Å². The first kappa shape index (κ1) is 14.4. The van der Waals surface area contributed by atoms with E-state index >= 15 is 0 Å². The van der Waals surface area contributed by atoms with E-state index in [4.69, 9.17) is 16.0 Å². The minimum absolute atomic E-state index is 0.174. The van der Waals surface area contributed by atoms with Crippen LogP contribution in [-0.2, 0) is 4.74 Å². The van der Waals surface area contributed by atoms with E-state index in [9.17, 15) is 4.79 Å². The van der Waals surface area contributed by atoms with Gasteiger partial charge in [0.1, 0.15) is 0 Å². The number of ether oxygens (including phenoxy) is 1. The summed E-state index contributed by atoms with van der Waals surface area (Å²) in [5.74, 6) is -0.324. The minimum Gasteiger partial charge on any atom is -0.463 e. The molecule has 0 atom stereocenters. The number of thiazole rings is 1. The maximum Gasteiger partial charge on any atom is 0.374 e. The lowest BCUT2D eigenvalue weighted by molar-refractivity contribution is 0.0559. The van der Waals surface area contributed by atoms with E-state index < -0.39 is 5.97 Å². The molecule has 1 aromatic carbocycles. The largest absolute Gasteiger partial charge is 0.463 e. The number of benzene rings is 1. The molecule has 0 saturated heterocycles. The van der Waals surface area contributed by atoms with E-state index in [0.29, 0.717) is 10.1 Å². The molecule has 4 nitrogen and oxygen atoms in total. The number of fused-ring (bicyclic) bond motifs is 1. The number of rotatable bonds is 3. The van der Waals surface area contributed by atoms with E-state index in [1.807, 2.05) is 19.1 Å². The van der Waals surface area contributed by atoms with Gasteiger partial charge in [-0.15, -0.1) is 11.3 Å². The zero-order chi connectivity index (χ0) is 15.0. The summed E-state index contributed by atoms with van der Waals surface area (Å²) < 4.78 is 11.1. The standard InChI is InChI=1S/C14H10ClNO3S2/c1-7-16-13-10(20-7)5-8(15)6-11(13)21-12-4-3-9(19-12)14(17)18-2/h3-6H,1-2H3. The molecule has 0 spiro atoms. The Morgan fingerprint density at radius 2 is 2.24 bits per heavy atom. The Morgan fingerprint density at radius 3 is 3.00 bits per heavy atom. The molecule has 0 N–H and O–H groups in total. The predicted octanol–water partition coefficient (Wildman–Crippen LogP) is 4.79. The smallest absolute Gasteiger partial charge is 0.374 e. The van der Waals surface area contributed by atoms with Crippen LogP contribution in [0.5, 0.6) is 0 Å². The lowest BCUT2D eigenvalue weighted by Gasteiger charge is -2.01. The number of carbonyl (C=O) groups is 1. The number of methoxy groups -OCH3 is 1. The van der Waals surface area contributed by atoms with Gasteiger partial charge in [0.05, 0.1) is 22.3 Å². The molecule has 0 aliphatic heterocycles. The molecule has 0 bridgehead atoms. The summed E-state index contributed by atoms with van der Waals surface area (Å²) in [5.41, 5.74) is 0.892. The van der Waals surface area contributed by atoms with Crippen LogP contribution < -0.4 is 0 Å². The van der Waals surface area contributed by atoms with Crippen molar-refractivity contribution in [3.63, 3.8) is 0 Å². The van der Waals surface area contributed by atoms with Gasteiger partial charge in [-0.05, 0) is 43.0 Å². The highest BCUT2D eigenvalue weighted by atomic mass is 35.5. The van der Waals surface area contributed by atoms with Crippen LogP contribution >= 0.6 is 34.7 Å². The molecule has 108 valence electrons. The summed E-state index contributed by atoms with van der Waals surface area (Å²) in [5, 5.41) is 2.21. The lowest BCUT2D eigenvalue weighted by atomic mass is 10.3. The number of hydrogen-bond acceptors (Lipinski definition) is 6. The maximum atomic E-state index is 11.4. The summed E-state index contributed by atoms with van der Waals surface area (Å²) in [6.07, 6.45) is 0. The fourth-order valence-corrected chi connectivity index (χ4v) is 4.08. The molecule has 0 saturated carbocycles. The quantitative estimate of drug-likeness (QED) is 0.642. The molecule has 2 aromatic heterocycles. The van der Waals surface area contributed by atoms with Gasteiger partial charge >= 0.3 is 5.97 Å². The molecule has 21 heavy (non-hydrogen) atoms. The zero-order valence-corrected chi connectivity index (χ0v) is 13.6. The molecular formula is C14H10ClNO3S2. The number of aryl methyl sites for hydroxylation is 1. The molecule has 3 aromatic rings. The number of carbonyl (C=O) groups excluding carboxylic acids is 1. The second-order valence-electron chi connectivity index (χ2n) is 4.20. The van der Waals surface area contributed by atoms with E-state index in [1.165, 1.54) is 18.9 Å². The number of furan rings is 1. The first-order chi connectivity index (χ1) is 10.1. The summed E-state index contributed by atoms with van der Waals surface area (Å²) in [6.45, 7) is 1.95. The number of halogens is 1. The van der Waals surface area contributed by atoms with E-state index in [-0.39, 0.29) is 5.76 Å². The van der Waals surface area contributed by atoms with Crippen LogP contribution in [0, 0.1) is 6.92 Å². The average molecular weight is 340 g/mol. The van der Waals surface area contributed by atoms with Crippen LogP contribution in [0.15, 0.2) is 38.7 Å². The van der Waals surface area contributed by atoms with Crippen molar-refractivity contribution in [2.45, 2.75) is 16.9 Å². The normalized spacial score (nSPS) is 11.0. The van der Waals surface area contributed by atoms with Gasteiger partial charge < -0.3 is 9.15 Å². The van der Waals surface area contributed by atoms with Crippen LogP contribution in [0.3, 0.4) is 0 Å². The van der Waals surface area contributed by atoms with Crippen LogP contribution in [-0.4, -0.2) is 18.1 Å². The van der Waals surface area contributed by atoms with Gasteiger partial charge in [-0.1, -0.05) is 11.6 Å². The molecular weight excluding hydrogens is 330 g/mol. The Hall–Kier alpha value is -1.50. The number of nitrogens with zero attached hydrogens (tertiary/aromatic N) is 1. The molecule has 0 radical (unpaired) electrons. The van der Waals surface area contributed by atoms with Crippen LogP contribution in [0.4, 0.5) is 0 Å². The first-order valence-electron chi connectivity index (χ1n) is 5.99. The topological polar surface area (TPSA) is 52.3 Å². The summed E-state index contributed by atoms with van der Waals surface area (Å²) in [4.78, 5) is 16.8. The number of hydrogen-bond donors (Lipinski definition) is 0. The third kappa shape index (κ3) is 2.92. The maximum absolute atomic E-state index is 11.4. The average Bonchev–Trinajstić information content (AvgIpc) is 3.04. The SMILES string of the molecule is COC(=O)c1ccc(Sc2cc(Cl)cc3sc(C)nc23)o1. The van der Waals surface area contributed by atoms with Gasteiger partial charge in [-0.3, -0.25) is 0 Å². The minimum atomic E-state index is -0.498. The van der Waals surface area contributed by atoms with E-state index in [2.05, 4.69) is 9.72 Å². The zero-order valence-electron chi connectivity index (χ0n) is 11.2. The molecule has 2 heterocycles. The monoisotopic (exact) mass is 339 g/mol. The van der Waals surface area contributed by atoms with Crippen LogP contribution in [0.1, 0.15) is 15.6 Å². The highest BCUT2D eigenvalue weighted by Gasteiger charge is 2.15. The highest BCUT2D eigenvalue weighted by Crippen LogP contribution is 2.38. The predicted molar refractivity (Wildman–Crippen MR) is 83.5 cm³/mol. The van der Waals surface area contributed by atoms with Gasteiger partial charge in [-0.25, -0.2) is 9.78 Å². The van der Waals surface area contributed by atoms with Gasteiger partial charge in [0.2, 0.25) is 5.76 Å².